The normalized spacial score (nSPS) is 11.0. The van der Waals surface area contributed by atoms with Gasteiger partial charge in [0.2, 0.25) is 5.91 Å². The fourth-order valence-corrected chi connectivity index (χ4v) is 2.99. The summed E-state index contributed by atoms with van der Waals surface area (Å²) in [5, 5.41) is 0. The van der Waals surface area contributed by atoms with E-state index in [1.807, 2.05) is 22.8 Å². The number of hydrogen-bond acceptors (Lipinski definition) is 4. The molecule has 0 aliphatic rings. The average molecular weight is 300 g/mol. The number of amides is 1. The summed E-state index contributed by atoms with van der Waals surface area (Å²) in [7, 11) is 3.51. The first-order valence-corrected chi connectivity index (χ1v) is 7.46. The van der Waals surface area contributed by atoms with Gasteiger partial charge in [0.15, 0.2) is 11.5 Å². The summed E-state index contributed by atoms with van der Waals surface area (Å²) in [6.45, 7) is 2.30. The van der Waals surface area contributed by atoms with E-state index in [0.29, 0.717) is 0 Å². The Hall–Kier alpha value is -2.21. The molecule has 108 valence electrons. The van der Waals surface area contributed by atoms with E-state index in [1.165, 1.54) is 4.88 Å². The second kappa shape index (κ2) is 5.29. The zero-order chi connectivity index (χ0) is 15.0. The smallest absolute Gasteiger partial charge is 0.242 e. The Bertz CT molecular complexity index is 803. The van der Waals surface area contributed by atoms with E-state index in [0.717, 1.165) is 21.9 Å². The Morgan fingerprint density at radius 3 is 2.81 bits per heavy atom. The molecule has 0 spiro atoms. The van der Waals surface area contributed by atoms with E-state index in [2.05, 4.69) is 23.0 Å². The first kappa shape index (κ1) is 13.8. The quantitative estimate of drug-likeness (QED) is 0.747. The molecule has 0 radical (unpaired) electrons. The van der Waals surface area contributed by atoms with E-state index in [-0.39, 0.29) is 12.5 Å². The van der Waals surface area contributed by atoms with Crippen molar-refractivity contribution >= 4 is 28.4 Å². The number of likely N-dealkylation sites (N-methyl/N-ethyl adjacent to an activating group) is 1. The third kappa shape index (κ3) is 2.54. The van der Waals surface area contributed by atoms with Crippen LogP contribution >= 0.6 is 11.3 Å². The van der Waals surface area contributed by atoms with Crippen molar-refractivity contribution in [1.82, 2.24) is 19.4 Å². The molecule has 0 aliphatic carbocycles. The second-order valence-corrected chi connectivity index (χ2v) is 6.35. The Kier molecular flexibility index (Phi) is 3.47. The molecule has 3 heterocycles. The van der Waals surface area contributed by atoms with Crippen LogP contribution in [-0.4, -0.2) is 39.4 Å². The highest BCUT2D eigenvalue weighted by molar-refractivity contribution is 7.15. The van der Waals surface area contributed by atoms with E-state index in [9.17, 15) is 4.79 Å². The third-order valence-electron chi connectivity index (χ3n) is 3.26. The van der Waals surface area contributed by atoms with Gasteiger partial charge < -0.3 is 4.90 Å². The molecule has 0 saturated carbocycles. The van der Waals surface area contributed by atoms with Crippen LogP contribution in [0.15, 0.2) is 30.5 Å². The molecule has 0 aliphatic heterocycles. The van der Waals surface area contributed by atoms with Gasteiger partial charge in [-0.25, -0.2) is 9.97 Å². The van der Waals surface area contributed by atoms with E-state index in [1.54, 1.807) is 36.5 Å². The average Bonchev–Trinajstić information content (AvgIpc) is 3.03. The molecule has 0 saturated heterocycles. The Balaban J connectivity index is 2.16. The number of rotatable bonds is 3. The molecule has 0 fully saturated rings. The lowest BCUT2D eigenvalue weighted by molar-refractivity contribution is -0.129. The monoisotopic (exact) mass is 300 g/mol. The predicted molar refractivity (Wildman–Crippen MR) is 84.3 cm³/mol. The highest BCUT2D eigenvalue weighted by atomic mass is 32.1. The van der Waals surface area contributed by atoms with Crippen molar-refractivity contribution in [2.75, 3.05) is 14.1 Å². The zero-order valence-electron chi connectivity index (χ0n) is 12.2. The van der Waals surface area contributed by atoms with Crippen molar-refractivity contribution in [2.45, 2.75) is 13.5 Å². The number of aromatic nitrogens is 3. The van der Waals surface area contributed by atoms with Gasteiger partial charge in [0.25, 0.3) is 0 Å². The van der Waals surface area contributed by atoms with Gasteiger partial charge >= 0.3 is 0 Å². The largest absolute Gasteiger partial charge is 0.347 e. The molecule has 3 aromatic heterocycles. The first-order valence-electron chi connectivity index (χ1n) is 6.64. The number of nitrogens with zero attached hydrogens (tertiary/aromatic N) is 4. The van der Waals surface area contributed by atoms with Crippen LogP contribution in [0.2, 0.25) is 0 Å². The minimum atomic E-state index is 0.0227. The van der Waals surface area contributed by atoms with Crippen LogP contribution in [-0.2, 0) is 11.3 Å². The van der Waals surface area contributed by atoms with Crippen LogP contribution in [0.25, 0.3) is 21.9 Å². The summed E-state index contributed by atoms with van der Waals surface area (Å²) in [4.78, 5) is 25.0. The lowest BCUT2D eigenvalue weighted by Gasteiger charge is -2.12. The standard InChI is InChI=1S/C15H16N4OS/c1-10-6-7-12(21-10)15-17-11-5-4-8-16-14(11)19(15)9-13(20)18(2)3/h4-8H,9H2,1-3H3. The molecule has 0 N–H and O–H groups in total. The van der Waals surface area contributed by atoms with Crippen molar-refractivity contribution in [3.63, 3.8) is 0 Å². The van der Waals surface area contributed by atoms with Gasteiger partial charge in [0, 0.05) is 25.2 Å². The number of thiophene rings is 1. The minimum Gasteiger partial charge on any atom is -0.347 e. The summed E-state index contributed by atoms with van der Waals surface area (Å²) in [5.74, 6) is 0.825. The highest BCUT2D eigenvalue weighted by Crippen LogP contribution is 2.29. The van der Waals surface area contributed by atoms with Gasteiger partial charge in [0.1, 0.15) is 12.1 Å². The summed E-state index contributed by atoms with van der Waals surface area (Å²) in [6.07, 6.45) is 1.73. The van der Waals surface area contributed by atoms with Crippen molar-refractivity contribution in [1.29, 1.82) is 0 Å². The van der Waals surface area contributed by atoms with Crippen LogP contribution < -0.4 is 0 Å². The molecule has 0 atom stereocenters. The number of aryl methyl sites for hydroxylation is 1. The molecular formula is C15H16N4OS. The van der Waals surface area contributed by atoms with Crippen molar-refractivity contribution in [2.24, 2.45) is 0 Å². The Labute approximate surface area is 126 Å². The molecule has 6 heteroatoms. The van der Waals surface area contributed by atoms with E-state index < -0.39 is 0 Å². The second-order valence-electron chi connectivity index (χ2n) is 5.07. The van der Waals surface area contributed by atoms with Gasteiger partial charge in [-0.05, 0) is 31.2 Å². The summed E-state index contributed by atoms with van der Waals surface area (Å²) in [5.41, 5.74) is 1.55. The number of hydrogen-bond donors (Lipinski definition) is 0. The summed E-state index contributed by atoms with van der Waals surface area (Å²) in [6, 6.07) is 7.88. The third-order valence-corrected chi connectivity index (χ3v) is 4.25. The van der Waals surface area contributed by atoms with Crippen LogP contribution in [0.5, 0.6) is 0 Å². The molecule has 0 bridgehead atoms. The highest BCUT2D eigenvalue weighted by Gasteiger charge is 2.17. The molecule has 0 unspecified atom stereocenters. The van der Waals surface area contributed by atoms with E-state index >= 15 is 0 Å². The van der Waals surface area contributed by atoms with Crippen LogP contribution in [0.3, 0.4) is 0 Å². The van der Waals surface area contributed by atoms with Crippen LogP contribution in [0.4, 0.5) is 0 Å². The van der Waals surface area contributed by atoms with Crippen molar-refractivity contribution < 1.29 is 4.79 Å². The van der Waals surface area contributed by atoms with Crippen LogP contribution in [0, 0.1) is 6.92 Å². The lowest BCUT2D eigenvalue weighted by Crippen LogP contribution is -2.26. The molecule has 3 aromatic rings. The van der Waals surface area contributed by atoms with Gasteiger partial charge in [-0.2, -0.15) is 0 Å². The van der Waals surface area contributed by atoms with Crippen molar-refractivity contribution in [3.05, 3.63) is 35.3 Å². The molecule has 0 aromatic carbocycles. The van der Waals surface area contributed by atoms with Crippen molar-refractivity contribution in [3.8, 4) is 10.7 Å². The SMILES string of the molecule is Cc1ccc(-c2nc3cccnc3n2CC(=O)N(C)C)s1. The fourth-order valence-electron chi connectivity index (χ4n) is 2.13. The zero-order valence-corrected chi connectivity index (χ0v) is 13.0. The Morgan fingerprint density at radius 2 is 2.14 bits per heavy atom. The summed E-state index contributed by atoms with van der Waals surface area (Å²) >= 11 is 1.67. The van der Waals surface area contributed by atoms with Gasteiger partial charge in [-0.15, -0.1) is 11.3 Å². The number of carbonyl (C=O) groups excluding carboxylic acids is 1. The van der Waals surface area contributed by atoms with Gasteiger partial charge in [-0.1, -0.05) is 0 Å². The maximum Gasteiger partial charge on any atom is 0.242 e. The maximum atomic E-state index is 12.1. The molecule has 5 nitrogen and oxygen atoms in total. The van der Waals surface area contributed by atoms with E-state index in [4.69, 9.17) is 0 Å². The number of fused-ring (bicyclic) bond motifs is 1. The maximum absolute atomic E-state index is 12.1. The number of carbonyl (C=O) groups is 1. The van der Waals surface area contributed by atoms with Gasteiger partial charge in [0.05, 0.1) is 4.88 Å². The topological polar surface area (TPSA) is 51.0 Å². The first-order chi connectivity index (χ1) is 10.1. The fraction of sp³-hybridized carbons (Fsp3) is 0.267. The summed E-state index contributed by atoms with van der Waals surface area (Å²) < 4.78 is 1.89. The Morgan fingerprint density at radius 1 is 1.33 bits per heavy atom. The lowest BCUT2D eigenvalue weighted by atomic mass is 10.4. The molecule has 1 amide bonds. The minimum absolute atomic E-state index is 0.0227. The number of pyridine rings is 1. The molecular weight excluding hydrogens is 284 g/mol. The van der Waals surface area contributed by atoms with Crippen LogP contribution in [0.1, 0.15) is 4.88 Å². The van der Waals surface area contributed by atoms with Gasteiger partial charge in [-0.3, -0.25) is 9.36 Å². The number of imidazole rings is 1. The molecule has 21 heavy (non-hydrogen) atoms. The predicted octanol–water partition coefficient (Wildman–Crippen LogP) is 2.56. The molecule has 3 rings (SSSR count).